The third-order valence-electron chi connectivity index (χ3n) is 7.85. The van der Waals surface area contributed by atoms with Gasteiger partial charge in [0.2, 0.25) is 0 Å². The second-order valence-corrected chi connectivity index (χ2v) is 10.5. The molecule has 7 nitrogen and oxygen atoms in total. The Hall–Kier alpha value is -3.23. The number of nitrogens with zero attached hydrogens (tertiary/aromatic N) is 4. The minimum Gasteiger partial charge on any atom is -0.490 e. The molecule has 0 atom stereocenters. The van der Waals surface area contributed by atoms with Gasteiger partial charge in [0.05, 0.1) is 23.6 Å². The monoisotopic (exact) mass is 513 g/mol. The van der Waals surface area contributed by atoms with Gasteiger partial charge >= 0.3 is 6.18 Å². The number of benzene rings is 1. The van der Waals surface area contributed by atoms with Crippen molar-refractivity contribution in [1.82, 2.24) is 10.3 Å². The van der Waals surface area contributed by atoms with Crippen molar-refractivity contribution in [2.75, 3.05) is 22.9 Å². The van der Waals surface area contributed by atoms with Gasteiger partial charge in [-0.3, -0.25) is 9.69 Å². The lowest BCUT2D eigenvalue weighted by Gasteiger charge is -2.53. The Bertz CT molecular complexity index is 1290. The van der Waals surface area contributed by atoms with E-state index < -0.39 is 23.0 Å². The first-order valence-corrected chi connectivity index (χ1v) is 12.2. The first-order chi connectivity index (χ1) is 17.2. The van der Waals surface area contributed by atoms with Crippen molar-refractivity contribution in [3.63, 3.8) is 0 Å². The SMILES string of the molecule is N#Cc1ncc(N2C(=O)C3(CCC3)N(c3ccc(OC4CC5(CNC5)C4)cc3)C2=S)cc1C(F)(F)F. The number of aromatic nitrogens is 1. The van der Waals surface area contributed by atoms with E-state index in [1.165, 1.54) is 6.07 Å². The van der Waals surface area contributed by atoms with E-state index in [1.54, 1.807) is 4.90 Å². The molecule has 3 heterocycles. The lowest BCUT2D eigenvalue weighted by molar-refractivity contribution is -0.138. The van der Waals surface area contributed by atoms with Crippen molar-refractivity contribution >= 4 is 34.6 Å². The molecular weight excluding hydrogens is 491 g/mol. The molecule has 2 aliphatic heterocycles. The maximum Gasteiger partial charge on any atom is 0.419 e. The molecule has 4 fully saturated rings. The van der Waals surface area contributed by atoms with Crippen LogP contribution in [0.25, 0.3) is 0 Å². The van der Waals surface area contributed by atoms with Gasteiger partial charge in [-0.15, -0.1) is 0 Å². The molecule has 2 aliphatic carbocycles. The maximum absolute atomic E-state index is 13.6. The number of hydrogen-bond donors (Lipinski definition) is 1. The van der Waals surface area contributed by atoms with Crippen LogP contribution in [0.5, 0.6) is 5.75 Å². The summed E-state index contributed by atoms with van der Waals surface area (Å²) in [5.41, 5.74) is -1.91. The number of halogens is 3. The van der Waals surface area contributed by atoms with Crippen molar-refractivity contribution in [3.8, 4) is 11.8 Å². The number of hydrogen-bond acceptors (Lipinski definition) is 6. The Balaban J connectivity index is 1.27. The molecule has 186 valence electrons. The summed E-state index contributed by atoms with van der Waals surface area (Å²) >= 11 is 5.65. The molecule has 36 heavy (non-hydrogen) atoms. The van der Waals surface area contributed by atoms with E-state index in [2.05, 4.69) is 10.3 Å². The molecule has 2 aromatic rings. The number of thiocarbonyl (C=S) groups is 1. The molecule has 1 aromatic heterocycles. The summed E-state index contributed by atoms with van der Waals surface area (Å²) in [6, 6.07) is 9.57. The van der Waals surface area contributed by atoms with E-state index in [1.807, 2.05) is 24.3 Å². The summed E-state index contributed by atoms with van der Waals surface area (Å²) in [4.78, 5) is 20.1. The van der Waals surface area contributed by atoms with E-state index in [0.29, 0.717) is 23.9 Å². The number of rotatable bonds is 4. The molecule has 11 heteroatoms. The molecule has 2 spiro atoms. The van der Waals surface area contributed by atoms with Crippen LogP contribution in [0, 0.1) is 16.7 Å². The molecule has 0 bridgehead atoms. The highest BCUT2D eigenvalue weighted by Gasteiger charge is 2.60. The van der Waals surface area contributed by atoms with Gasteiger partial charge in [0.25, 0.3) is 5.91 Å². The summed E-state index contributed by atoms with van der Waals surface area (Å²) in [5.74, 6) is 0.348. The molecule has 2 saturated carbocycles. The number of ether oxygens (including phenoxy) is 1. The highest BCUT2D eigenvalue weighted by molar-refractivity contribution is 7.81. The van der Waals surface area contributed by atoms with Crippen LogP contribution in [0.1, 0.15) is 43.4 Å². The van der Waals surface area contributed by atoms with E-state index in [9.17, 15) is 18.0 Å². The number of amides is 1. The van der Waals surface area contributed by atoms with Crippen LogP contribution in [-0.4, -0.2) is 40.7 Å². The van der Waals surface area contributed by atoms with Gasteiger partial charge in [0.15, 0.2) is 10.8 Å². The molecule has 4 aliphatic rings. The van der Waals surface area contributed by atoms with Crippen LogP contribution in [0.2, 0.25) is 0 Å². The summed E-state index contributed by atoms with van der Waals surface area (Å²) in [7, 11) is 0. The first-order valence-electron chi connectivity index (χ1n) is 11.8. The van der Waals surface area contributed by atoms with Crippen molar-refractivity contribution in [2.45, 2.75) is 49.9 Å². The van der Waals surface area contributed by atoms with Gasteiger partial charge in [-0.2, -0.15) is 18.4 Å². The fraction of sp³-hybridized carbons (Fsp3) is 0.440. The van der Waals surface area contributed by atoms with Crippen molar-refractivity contribution < 1.29 is 22.7 Å². The highest BCUT2D eigenvalue weighted by atomic mass is 32.1. The lowest BCUT2D eigenvalue weighted by atomic mass is 9.63. The number of alkyl halides is 3. The Morgan fingerprint density at radius 2 is 1.86 bits per heavy atom. The van der Waals surface area contributed by atoms with Crippen LogP contribution >= 0.6 is 12.2 Å². The predicted molar refractivity (Wildman–Crippen MR) is 128 cm³/mol. The molecule has 6 rings (SSSR count). The number of carbonyl (C=O) groups is 1. The van der Waals surface area contributed by atoms with Gasteiger partial charge in [-0.1, -0.05) is 0 Å². The third-order valence-corrected chi connectivity index (χ3v) is 8.22. The average molecular weight is 514 g/mol. The quantitative estimate of drug-likeness (QED) is 0.615. The molecule has 0 unspecified atom stereocenters. The van der Waals surface area contributed by atoms with Crippen molar-refractivity contribution in [3.05, 3.63) is 47.8 Å². The first kappa shape index (κ1) is 23.2. The Kier molecular flexibility index (Phi) is 5.08. The smallest absolute Gasteiger partial charge is 0.419 e. The molecule has 1 amide bonds. The number of pyridine rings is 1. The summed E-state index contributed by atoms with van der Waals surface area (Å²) in [6.07, 6.45) is 0.422. The second-order valence-electron chi connectivity index (χ2n) is 10.1. The topological polar surface area (TPSA) is 81.5 Å². The molecule has 2 saturated heterocycles. The van der Waals surface area contributed by atoms with E-state index in [-0.39, 0.29) is 22.8 Å². The predicted octanol–water partition coefficient (Wildman–Crippen LogP) is 4.16. The zero-order valence-corrected chi connectivity index (χ0v) is 20.0. The van der Waals surface area contributed by atoms with E-state index in [0.717, 1.165) is 55.3 Å². The minimum absolute atomic E-state index is 0.0893. The van der Waals surface area contributed by atoms with Crippen LogP contribution < -0.4 is 19.9 Å². The highest BCUT2D eigenvalue weighted by Crippen LogP contribution is 2.49. The standard InChI is InChI=1S/C25H22F3N5O2S/c26-25(27,28)19-8-16(12-31-20(19)11-29)32-21(34)24(6-1-7-24)33(22(32)36)15-2-4-17(5-3-15)35-18-9-23(10-18)13-30-14-23/h2-5,8,12,18,30H,1,6-7,9-10,13-14H2. The summed E-state index contributed by atoms with van der Waals surface area (Å²) in [5, 5.41) is 12.5. The lowest BCUT2D eigenvalue weighted by Crippen LogP contribution is -2.62. The van der Waals surface area contributed by atoms with E-state index >= 15 is 0 Å². The minimum atomic E-state index is -4.79. The molecular formula is C25H22F3N5O2S. The van der Waals surface area contributed by atoms with Gasteiger partial charge in [0.1, 0.15) is 17.4 Å². The Morgan fingerprint density at radius 3 is 2.39 bits per heavy atom. The number of nitriles is 1. The zero-order chi connectivity index (χ0) is 25.3. The zero-order valence-electron chi connectivity index (χ0n) is 19.1. The fourth-order valence-corrected chi connectivity index (χ4v) is 6.18. The van der Waals surface area contributed by atoms with E-state index in [4.69, 9.17) is 22.2 Å². The second kappa shape index (κ2) is 7.88. The van der Waals surface area contributed by atoms with Gasteiger partial charge in [-0.25, -0.2) is 4.98 Å². The normalized spacial score (nSPS) is 22.3. The van der Waals surface area contributed by atoms with Crippen molar-refractivity contribution in [2.24, 2.45) is 5.41 Å². The molecule has 1 aromatic carbocycles. The summed E-state index contributed by atoms with van der Waals surface area (Å²) in [6.45, 7) is 2.09. The van der Waals surface area contributed by atoms with Crippen molar-refractivity contribution in [1.29, 1.82) is 5.26 Å². The van der Waals surface area contributed by atoms with Gasteiger partial charge < -0.3 is 15.0 Å². The molecule has 1 N–H and O–H groups in total. The Morgan fingerprint density at radius 1 is 1.17 bits per heavy atom. The largest absolute Gasteiger partial charge is 0.490 e. The number of nitrogens with one attached hydrogen (secondary N) is 1. The number of carbonyl (C=O) groups excluding carboxylic acids is 1. The third kappa shape index (κ3) is 3.38. The molecule has 0 radical (unpaired) electrons. The van der Waals surface area contributed by atoms with Gasteiger partial charge in [0, 0.05) is 24.2 Å². The van der Waals surface area contributed by atoms with Gasteiger partial charge in [-0.05, 0) is 74.7 Å². The number of anilines is 2. The maximum atomic E-state index is 13.6. The van der Waals surface area contributed by atoms with Crippen LogP contribution in [0.15, 0.2) is 36.5 Å². The summed E-state index contributed by atoms with van der Waals surface area (Å²) < 4.78 is 46.7. The Labute approximate surface area is 210 Å². The fourth-order valence-electron chi connectivity index (χ4n) is 5.71. The van der Waals surface area contributed by atoms with Crippen LogP contribution in [0.4, 0.5) is 24.5 Å². The average Bonchev–Trinajstić information content (AvgIpc) is 3.01. The van der Waals surface area contributed by atoms with Crippen LogP contribution in [-0.2, 0) is 11.0 Å². The van der Waals surface area contributed by atoms with Crippen LogP contribution in [0.3, 0.4) is 0 Å².